The van der Waals surface area contributed by atoms with Gasteiger partial charge in [-0.2, -0.15) is 0 Å². The molecule has 2 N–H and O–H groups in total. The number of carbonyl (C=O) groups is 2. The van der Waals surface area contributed by atoms with Crippen molar-refractivity contribution in [1.29, 1.82) is 0 Å². The van der Waals surface area contributed by atoms with Crippen LogP contribution in [-0.4, -0.2) is 67.6 Å². The summed E-state index contributed by atoms with van der Waals surface area (Å²) in [4.78, 5) is 24.7. The molecule has 0 spiro atoms. The summed E-state index contributed by atoms with van der Waals surface area (Å²) in [6, 6.07) is -0.0823. The smallest absolute Gasteiger partial charge is 0.317 e. The highest BCUT2D eigenvalue weighted by atomic mass is 16.5. The second kappa shape index (κ2) is 8.33. The number of amides is 2. The van der Waals surface area contributed by atoms with E-state index in [9.17, 15) is 9.59 Å². The van der Waals surface area contributed by atoms with E-state index in [-0.39, 0.29) is 24.6 Å². The molecule has 0 aromatic heterocycles. The molecular weight excluding hydrogens is 288 g/mol. The van der Waals surface area contributed by atoms with E-state index in [0.29, 0.717) is 38.6 Å². The molecule has 0 bridgehead atoms. The van der Waals surface area contributed by atoms with Crippen LogP contribution >= 0.6 is 0 Å². The van der Waals surface area contributed by atoms with Gasteiger partial charge in [-0.05, 0) is 19.3 Å². The van der Waals surface area contributed by atoms with Crippen molar-refractivity contribution in [2.24, 2.45) is 5.92 Å². The van der Waals surface area contributed by atoms with Crippen LogP contribution in [-0.2, 0) is 14.3 Å². The molecule has 0 aromatic rings. The van der Waals surface area contributed by atoms with E-state index in [1.807, 2.05) is 4.90 Å². The molecule has 2 aliphatic rings. The van der Waals surface area contributed by atoms with Gasteiger partial charge in [0.05, 0.1) is 25.4 Å². The van der Waals surface area contributed by atoms with Crippen LogP contribution in [0.15, 0.2) is 0 Å². The molecule has 2 rings (SSSR count). The molecule has 7 nitrogen and oxygen atoms in total. The SMILES string of the molecule is COC1CCCC1C1COCCN1C(=O)NCCCC(=O)O. The normalized spacial score (nSPS) is 28.6. The van der Waals surface area contributed by atoms with E-state index < -0.39 is 5.97 Å². The summed E-state index contributed by atoms with van der Waals surface area (Å²) in [5, 5.41) is 11.4. The van der Waals surface area contributed by atoms with Crippen molar-refractivity contribution in [1.82, 2.24) is 10.2 Å². The maximum atomic E-state index is 12.4. The Hall–Kier alpha value is -1.34. The van der Waals surface area contributed by atoms with Gasteiger partial charge < -0.3 is 24.8 Å². The second-order valence-electron chi connectivity index (χ2n) is 5.93. The summed E-state index contributed by atoms with van der Waals surface area (Å²) in [5.41, 5.74) is 0. The summed E-state index contributed by atoms with van der Waals surface area (Å²) in [6.45, 7) is 2.05. The Morgan fingerprint density at radius 3 is 2.95 bits per heavy atom. The number of morpholine rings is 1. The summed E-state index contributed by atoms with van der Waals surface area (Å²) >= 11 is 0. The largest absolute Gasteiger partial charge is 0.481 e. The predicted molar refractivity (Wildman–Crippen MR) is 79.7 cm³/mol. The van der Waals surface area contributed by atoms with Gasteiger partial charge >= 0.3 is 12.0 Å². The maximum absolute atomic E-state index is 12.4. The highest BCUT2D eigenvalue weighted by Crippen LogP contribution is 2.33. The first-order valence-electron chi connectivity index (χ1n) is 8.00. The van der Waals surface area contributed by atoms with E-state index in [1.54, 1.807) is 7.11 Å². The monoisotopic (exact) mass is 314 g/mol. The van der Waals surface area contributed by atoms with Crippen molar-refractivity contribution in [2.75, 3.05) is 33.4 Å². The average molecular weight is 314 g/mol. The second-order valence-corrected chi connectivity index (χ2v) is 5.93. The fourth-order valence-corrected chi connectivity index (χ4v) is 3.45. The number of rotatable bonds is 6. The lowest BCUT2D eigenvalue weighted by molar-refractivity contribution is -0.137. The number of methoxy groups -OCH3 is 1. The first-order valence-corrected chi connectivity index (χ1v) is 8.00. The van der Waals surface area contributed by atoms with Gasteiger partial charge in [-0.25, -0.2) is 4.79 Å². The zero-order valence-corrected chi connectivity index (χ0v) is 13.1. The summed E-state index contributed by atoms with van der Waals surface area (Å²) in [6.07, 6.45) is 3.91. The van der Waals surface area contributed by atoms with Gasteiger partial charge in [0.2, 0.25) is 0 Å². The highest BCUT2D eigenvalue weighted by molar-refractivity contribution is 5.74. The molecule has 126 valence electrons. The lowest BCUT2D eigenvalue weighted by atomic mass is 9.94. The minimum Gasteiger partial charge on any atom is -0.481 e. The topological polar surface area (TPSA) is 88.1 Å². The molecule has 1 heterocycles. The van der Waals surface area contributed by atoms with E-state index in [4.69, 9.17) is 14.6 Å². The number of ether oxygens (including phenoxy) is 2. The standard InChI is InChI=1S/C15H26N2O5/c1-21-13-5-2-4-11(13)12-10-22-9-8-17(12)15(20)16-7-3-6-14(18)19/h11-13H,2-10H2,1H3,(H,16,20)(H,18,19). The zero-order chi connectivity index (χ0) is 15.9. The molecule has 3 unspecified atom stereocenters. The van der Waals surface area contributed by atoms with Gasteiger partial charge in [0.15, 0.2) is 0 Å². The predicted octanol–water partition coefficient (Wildman–Crippen LogP) is 1.08. The minimum atomic E-state index is -0.840. The molecule has 3 atom stereocenters. The van der Waals surface area contributed by atoms with E-state index in [1.165, 1.54) is 0 Å². The maximum Gasteiger partial charge on any atom is 0.317 e. The number of nitrogens with one attached hydrogen (secondary N) is 1. The molecule has 1 aliphatic carbocycles. The third kappa shape index (κ3) is 4.33. The van der Waals surface area contributed by atoms with E-state index >= 15 is 0 Å². The van der Waals surface area contributed by atoms with Crippen LogP contribution in [0.1, 0.15) is 32.1 Å². The molecular formula is C15H26N2O5. The number of carbonyl (C=O) groups excluding carboxylic acids is 1. The van der Waals surface area contributed by atoms with Crippen LogP contribution in [0.3, 0.4) is 0 Å². The van der Waals surface area contributed by atoms with Crippen molar-refractivity contribution in [3.63, 3.8) is 0 Å². The third-order valence-electron chi connectivity index (χ3n) is 4.57. The van der Waals surface area contributed by atoms with Gasteiger partial charge in [0.25, 0.3) is 0 Å². The van der Waals surface area contributed by atoms with E-state index in [0.717, 1.165) is 19.3 Å². The fraction of sp³-hybridized carbons (Fsp3) is 0.867. The van der Waals surface area contributed by atoms with Crippen LogP contribution < -0.4 is 5.32 Å². The van der Waals surface area contributed by atoms with E-state index in [2.05, 4.69) is 5.32 Å². The summed E-state index contributed by atoms with van der Waals surface area (Å²) in [5.74, 6) is -0.526. The van der Waals surface area contributed by atoms with Crippen LogP contribution in [0, 0.1) is 5.92 Å². The molecule has 22 heavy (non-hydrogen) atoms. The van der Waals surface area contributed by atoms with Crippen molar-refractivity contribution in [3.8, 4) is 0 Å². The molecule has 0 radical (unpaired) electrons. The minimum absolute atomic E-state index is 0.0423. The van der Waals surface area contributed by atoms with Crippen LogP contribution in [0.4, 0.5) is 4.79 Å². The first-order chi connectivity index (χ1) is 10.6. The Morgan fingerprint density at radius 2 is 2.23 bits per heavy atom. The summed E-state index contributed by atoms with van der Waals surface area (Å²) < 4.78 is 11.1. The lowest BCUT2D eigenvalue weighted by Gasteiger charge is -2.40. The van der Waals surface area contributed by atoms with Crippen LogP contribution in [0.5, 0.6) is 0 Å². The van der Waals surface area contributed by atoms with Crippen LogP contribution in [0.2, 0.25) is 0 Å². The Labute approximate surface area is 130 Å². The number of carboxylic acid groups (broad SMARTS) is 1. The molecule has 1 saturated carbocycles. The highest BCUT2D eigenvalue weighted by Gasteiger charge is 2.40. The number of carboxylic acids is 1. The molecule has 1 saturated heterocycles. The molecule has 0 aromatic carbocycles. The first kappa shape index (κ1) is 17.0. The summed E-state index contributed by atoms with van der Waals surface area (Å²) in [7, 11) is 1.73. The van der Waals surface area contributed by atoms with Crippen molar-refractivity contribution < 1.29 is 24.2 Å². The van der Waals surface area contributed by atoms with Gasteiger partial charge in [0.1, 0.15) is 0 Å². The zero-order valence-electron chi connectivity index (χ0n) is 13.1. The Kier molecular flexibility index (Phi) is 6.45. The molecule has 2 amide bonds. The Bertz CT molecular complexity index is 390. The van der Waals surface area contributed by atoms with Crippen molar-refractivity contribution in [2.45, 2.75) is 44.2 Å². The Morgan fingerprint density at radius 1 is 1.41 bits per heavy atom. The molecule has 2 fully saturated rings. The van der Waals surface area contributed by atoms with Gasteiger partial charge in [-0.1, -0.05) is 6.42 Å². The molecule has 1 aliphatic heterocycles. The molecule has 7 heteroatoms. The number of urea groups is 1. The van der Waals surface area contributed by atoms with Gasteiger partial charge in [-0.15, -0.1) is 0 Å². The number of hydrogen-bond acceptors (Lipinski definition) is 4. The van der Waals surface area contributed by atoms with Crippen molar-refractivity contribution >= 4 is 12.0 Å². The fourth-order valence-electron chi connectivity index (χ4n) is 3.45. The number of aliphatic carboxylic acids is 1. The number of nitrogens with zero attached hydrogens (tertiary/aromatic N) is 1. The van der Waals surface area contributed by atoms with Crippen molar-refractivity contribution in [3.05, 3.63) is 0 Å². The van der Waals surface area contributed by atoms with Gasteiger partial charge in [0, 0.05) is 32.5 Å². The third-order valence-corrected chi connectivity index (χ3v) is 4.57. The average Bonchev–Trinajstić information content (AvgIpc) is 2.99. The lowest BCUT2D eigenvalue weighted by Crippen LogP contribution is -2.56. The van der Waals surface area contributed by atoms with Gasteiger partial charge in [-0.3, -0.25) is 4.79 Å². The quantitative estimate of drug-likeness (QED) is 0.716. The number of hydrogen-bond donors (Lipinski definition) is 2. The van der Waals surface area contributed by atoms with Crippen LogP contribution in [0.25, 0.3) is 0 Å². The Balaban J connectivity index is 1.88.